The van der Waals surface area contributed by atoms with Crippen LogP contribution in [0, 0.1) is 0 Å². The topological polar surface area (TPSA) is 60.4 Å². The molecule has 0 spiro atoms. The number of imidazole rings is 2. The van der Waals surface area contributed by atoms with E-state index in [1.54, 1.807) is 6.20 Å². The van der Waals surface area contributed by atoms with Crippen LogP contribution >= 0.6 is 0 Å². The lowest BCUT2D eigenvalue weighted by Crippen LogP contribution is -2.22. The van der Waals surface area contributed by atoms with Crippen LogP contribution in [-0.2, 0) is 17.3 Å². The second-order valence-electron chi connectivity index (χ2n) is 8.53. The van der Waals surface area contributed by atoms with Crippen molar-refractivity contribution in [2.45, 2.75) is 51.9 Å². The molecular formula is C20H24N6. The molecule has 4 heterocycles. The predicted octanol–water partition coefficient (Wildman–Crippen LogP) is 3.59. The molecule has 0 aromatic carbocycles. The van der Waals surface area contributed by atoms with E-state index < -0.39 is 0 Å². The third-order valence-corrected chi connectivity index (χ3v) is 4.72. The maximum atomic E-state index is 4.69. The van der Waals surface area contributed by atoms with Gasteiger partial charge < -0.3 is 4.40 Å². The SMILES string of the molecule is CC(C)(C)c1cn2cc(CC(C)(C)c3cn4cccnc4n3)ncc2n1. The van der Waals surface area contributed by atoms with Crippen molar-refractivity contribution in [2.24, 2.45) is 0 Å². The lowest BCUT2D eigenvalue weighted by Gasteiger charge is -2.21. The van der Waals surface area contributed by atoms with Gasteiger partial charge in [-0.25, -0.2) is 15.0 Å². The Labute approximate surface area is 153 Å². The zero-order valence-electron chi connectivity index (χ0n) is 15.9. The van der Waals surface area contributed by atoms with Gasteiger partial charge in [0.15, 0.2) is 5.65 Å². The van der Waals surface area contributed by atoms with E-state index in [-0.39, 0.29) is 10.8 Å². The maximum Gasteiger partial charge on any atom is 0.233 e. The summed E-state index contributed by atoms with van der Waals surface area (Å²) in [5.41, 5.74) is 3.86. The third kappa shape index (κ3) is 2.96. The molecule has 0 aliphatic heterocycles. The van der Waals surface area contributed by atoms with Crippen molar-refractivity contribution >= 4 is 11.4 Å². The molecule has 0 unspecified atom stereocenters. The van der Waals surface area contributed by atoms with Crippen LogP contribution in [0.4, 0.5) is 0 Å². The van der Waals surface area contributed by atoms with E-state index in [4.69, 9.17) is 0 Å². The second-order valence-corrected chi connectivity index (χ2v) is 8.53. The summed E-state index contributed by atoms with van der Waals surface area (Å²) in [5.74, 6) is 0.725. The molecule has 0 fully saturated rings. The largest absolute Gasteiger partial charge is 0.304 e. The van der Waals surface area contributed by atoms with Gasteiger partial charge in [-0.1, -0.05) is 34.6 Å². The predicted molar refractivity (Wildman–Crippen MR) is 101 cm³/mol. The summed E-state index contributed by atoms with van der Waals surface area (Å²) in [6, 6.07) is 1.91. The van der Waals surface area contributed by atoms with Gasteiger partial charge in [0, 0.05) is 48.2 Å². The summed E-state index contributed by atoms with van der Waals surface area (Å²) < 4.78 is 4.03. The molecule has 0 saturated carbocycles. The van der Waals surface area contributed by atoms with Crippen LogP contribution in [0.5, 0.6) is 0 Å². The van der Waals surface area contributed by atoms with Gasteiger partial charge in [0.1, 0.15) is 0 Å². The van der Waals surface area contributed by atoms with Gasteiger partial charge in [0.2, 0.25) is 5.78 Å². The second kappa shape index (κ2) is 5.62. The van der Waals surface area contributed by atoms with Crippen LogP contribution < -0.4 is 0 Å². The zero-order chi connectivity index (χ0) is 18.5. The first-order valence-corrected chi connectivity index (χ1v) is 8.87. The fraction of sp³-hybridized carbons (Fsp3) is 0.400. The van der Waals surface area contributed by atoms with Crippen LogP contribution in [0.1, 0.15) is 51.7 Å². The molecule has 0 atom stereocenters. The Morgan fingerprint density at radius 2 is 1.65 bits per heavy atom. The zero-order valence-corrected chi connectivity index (χ0v) is 15.9. The van der Waals surface area contributed by atoms with Gasteiger partial charge in [-0.15, -0.1) is 0 Å². The summed E-state index contributed by atoms with van der Waals surface area (Å²) in [6.45, 7) is 10.9. The molecule has 0 radical (unpaired) electrons. The summed E-state index contributed by atoms with van der Waals surface area (Å²) in [4.78, 5) is 18.3. The molecule has 0 aliphatic carbocycles. The number of hydrogen-bond donors (Lipinski definition) is 0. The van der Waals surface area contributed by atoms with Gasteiger partial charge in [0.25, 0.3) is 0 Å². The molecule has 0 amide bonds. The van der Waals surface area contributed by atoms with E-state index in [2.05, 4.69) is 77.5 Å². The molecule has 4 rings (SSSR count). The van der Waals surface area contributed by atoms with Crippen LogP contribution in [0.3, 0.4) is 0 Å². The monoisotopic (exact) mass is 348 g/mol. The summed E-state index contributed by atoms with van der Waals surface area (Å²) >= 11 is 0. The number of aromatic nitrogens is 6. The third-order valence-electron chi connectivity index (χ3n) is 4.72. The number of hydrogen-bond acceptors (Lipinski definition) is 4. The number of rotatable bonds is 3. The maximum absolute atomic E-state index is 4.69. The molecule has 6 heteroatoms. The highest BCUT2D eigenvalue weighted by Crippen LogP contribution is 2.27. The Balaban J connectivity index is 1.66. The van der Waals surface area contributed by atoms with Crippen LogP contribution in [0.2, 0.25) is 0 Å². The summed E-state index contributed by atoms with van der Waals surface area (Å²) in [5, 5.41) is 0. The average molecular weight is 348 g/mol. The first kappa shape index (κ1) is 16.7. The van der Waals surface area contributed by atoms with Gasteiger partial charge in [-0.3, -0.25) is 9.38 Å². The van der Waals surface area contributed by atoms with Crippen molar-refractivity contribution in [2.75, 3.05) is 0 Å². The van der Waals surface area contributed by atoms with Crippen molar-refractivity contribution in [3.63, 3.8) is 0 Å². The van der Waals surface area contributed by atoms with E-state index in [1.807, 2.05) is 22.9 Å². The standard InChI is InChI=1S/C20H24N6/c1-19(2,3)15-12-26-11-14(22-10-17(26)23-15)9-20(4,5)16-13-25-8-6-7-21-18(25)24-16/h6-8,10-13H,9H2,1-5H3. The quantitative estimate of drug-likeness (QED) is 0.568. The lowest BCUT2D eigenvalue weighted by molar-refractivity contribution is 0.500. The molecule has 26 heavy (non-hydrogen) atoms. The summed E-state index contributed by atoms with van der Waals surface area (Å²) in [6.07, 6.45) is 12.6. The highest BCUT2D eigenvalue weighted by molar-refractivity contribution is 5.39. The van der Waals surface area contributed by atoms with Crippen molar-refractivity contribution in [3.8, 4) is 0 Å². The number of nitrogens with zero attached hydrogens (tertiary/aromatic N) is 6. The minimum Gasteiger partial charge on any atom is -0.304 e. The molecular weight excluding hydrogens is 324 g/mol. The minimum absolute atomic E-state index is 0.0228. The lowest BCUT2D eigenvalue weighted by atomic mass is 9.85. The van der Waals surface area contributed by atoms with E-state index >= 15 is 0 Å². The smallest absolute Gasteiger partial charge is 0.233 e. The van der Waals surface area contributed by atoms with Crippen LogP contribution in [0.25, 0.3) is 11.4 Å². The molecule has 4 aromatic rings. The highest BCUT2D eigenvalue weighted by Gasteiger charge is 2.26. The van der Waals surface area contributed by atoms with Gasteiger partial charge in [-0.05, 0) is 6.07 Å². The van der Waals surface area contributed by atoms with Gasteiger partial charge >= 0.3 is 0 Å². The fourth-order valence-electron chi connectivity index (χ4n) is 3.09. The Hall–Kier alpha value is -2.76. The first-order chi connectivity index (χ1) is 12.2. The fourth-order valence-corrected chi connectivity index (χ4v) is 3.09. The molecule has 134 valence electrons. The normalized spacial score (nSPS) is 13.0. The molecule has 4 aromatic heterocycles. The molecule has 0 aliphatic rings. The van der Waals surface area contributed by atoms with E-state index in [0.717, 1.165) is 34.9 Å². The highest BCUT2D eigenvalue weighted by atomic mass is 15.1. The van der Waals surface area contributed by atoms with Crippen molar-refractivity contribution in [1.29, 1.82) is 0 Å². The van der Waals surface area contributed by atoms with Crippen LogP contribution in [0.15, 0.2) is 43.2 Å². The van der Waals surface area contributed by atoms with E-state index in [0.29, 0.717) is 0 Å². The Bertz CT molecular complexity index is 1050. The van der Waals surface area contributed by atoms with Crippen LogP contribution in [-0.4, -0.2) is 28.7 Å². The van der Waals surface area contributed by atoms with Gasteiger partial charge in [-0.2, -0.15) is 0 Å². The molecule has 0 saturated heterocycles. The Morgan fingerprint density at radius 1 is 0.885 bits per heavy atom. The van der Waals surface area contributed by atoms with E-state index in [1.165, 1.54) is 0 Å². The Kier molecular flexibility index (Phi) is 3.61. The summed E-state index contributed by atoms with van der Waals surface area (Å²) in [7, 11) is 0. The number of fused-ring (bicyclic) bond motifs is 2. The molecule has 0 bridgehead atoms. The first-order valence-electron chi connectivity index (χ1n) is 8.87. The molecule has 0 N–H and O–H groups in total. The van der Waals surface area contributed by atoms with Crippen molar-refractivity contribution in [1.82, 2.24) is 28.7 Å². The minimum atomic E-state index is -0.151. The average Bonchev–Trinajstić information content (AvgIpc) is 3.18. The van der Waals surface area contributed by atoms with Crippen molar-refractivity contribution < 1.29 is 0 Å². The Morgan fingerprint density at radius 3 is 2.38 bits per heavy atom. The molecule has 6 nitrogen and oxygen atoms in total. The van der Waals surface area contributed by atoms with E-state index in [9.17, 15) is 0 Å². The van der Waals surface area contributed by atoms with Gasteiger partial charge in [0.05, 0.1) is 23.3 Å². The van der Waals surface area contributed by atoms with Crippen molar-refractivity contribution in [3.05, 3.63) is 60.3 Å².